The van der Waals surface area contributed by atoms with Crippen molar-refractivity contribution >= 4 is 5.78 Å². The van der Waals surface area contributed by atoms with Crippen LogP contribution in [0.15, 0.2) is 11.5 Å². The van der Waals surface area contributed by atoms with Gasteiger partial charge in [-0.25, -0.2) is 0 Å². The zero-order valence-electron chi connectivity index (χ0n) is 12.0. The van der Waals surface area contributed by atoms with E-state index in [-0.39, 0.29) is 17.0 Å². The molecule has 1 rings (SSSR count). The zero-order chi connectivity index (χ0) is 13.6. The van der Waals surface area contributed by atoms with Crippen LogP contribution in [0.2, 0.25) is 0 Å². The molecule has 0 radical (unpaired) electrons. The maximum absolute atomic E-state index is 11.6. The fourth-order valence-corrected chi connectivity index (χ4v) is 2.43. The largest absolute Gasteiger partial charge is 0.503 e. The van der Waals surface area contributed by atoms with Gasteiger partial charge in [0.05, 0.1) is 5.70 Å². The Morgan fingerprint density at radius 3 is 2.50 bits per heavy atom. The van der Waals surface area contributed by atoms with Crippen molar-refractivity contribution in [1.82, 2.24) is 5.32 Å². The van der Waals surface area contributed by atoms with Crippen molar-refractivity contribution in [2.75, 3.05) is 6.54 Å². The average Bonchev–Trinajstić information content (AvgIpc) is 2.28. The molecule has 1 aliphatic rings. The van der Waals surface area contributed by atoms with Crippen molar-refractivity contribution in [2.45, 2.75) is 65.7 Å². The van der Waals surface area contributed by atoms with Crippen LogP contribution >= 0.6 is 0 Å². The summed E-state index contributed by atoms with van der Waals surface area (Å²) >= 11 is 0. The molecule has 1 aliphatic carbocycles. The quantitative estimate of drug-likeness (QED) is 0.680. The van der Waals surface area contributed by atoms with Crippen LogP contribution in [0.5, 0.6) is 0 Å². The highest BCUT2D eigenvalue weighted by atomic mass is 16.3. The number of aliphatic hydroxyl groups excluding tert-OH is 1. The second kappa shape index (κ2) is 6.81. The molecule has 0 atom stereocenters. The highest BCUT2D eigenvalue weighted by molar-refractivity contribution is 5.95. The van der Waals surface area contributed by atoms with Crippen LogP contribution in [-0.4, -0.2) is 17.4 Å². The lowest BCUT2D eigenvalue weighted by Gasteiger charge is -2.30. The third-order valence-corrected chi connectivity index (χ3v) is 3.46. The van der Waals surface area contributed by atoms with Gasteiger partial charge < -0.3 is 10.4 Å². The van der Waals surface area contributed by atoms with Gasteiger partial charge in [0, 0.05) is 13.0 Å². The second-order valence-electron chi connectivity index (χ2n) is 6.11. The van der Waals surface area contributed by atoms with Crippen LogP contribution in [0.3, 0.4) is 0 Å². The molecule has 0 aromatic rings. The molecule has 0 heterocycles. The van der Waals surface area contributed by atoms with E-state index in [4.69, 9.17) is 0 Å². The molecule has 104 valence electrons. The number of hydrogen-bond donors (Lipinski definition) is 2. The van der Waals surface area contributed by atoms with Crippen molar-refractivity contribution in [1.29, 1.82) is 0 Å². The summed E-state index contributed by atoms with van der Waals surface area (Å²) < 4.78 is 0. The molecule has 0 bridgehead atoms. The van der Waals surface area contributed by atoms with E-state index in [1.807, 2.05) is 0 Å². The van der Waals surface area contributed by atoms with E-state index in [0.29, 0.717) is 6.42 Å². The fourth-order valence-electron chi connectivity index (χ4n) is 2.43. The Morgan fingerprint density at radius 1 is 1.17 bits per heavy atom. The lowest BCUT2D eigenvalue weighted by Crippen LogP contribution is -2.31. The molecular weight excluding hydrogens is 226 g/mol. The summed E-state index contributed by atoms with van der Waals surface area (Å²) in [6, 6.07) is 0. The van der Waals surface area contributed by atoms with Crippen LogP contribution in [0, 0.1) is 5.41 Å². The molecule has 0 saturated heterocycles. The first-order valence-corrected chi connectivity index (χ1v) is 7.15. The third kappa shape index (κ3) is 4.71. The first-order valence-electron chi connectivity index (χ1n) is 7.15. The van der Waals surface area contributed by atoms with Crippen molar-refractivity contribution in [3.05, 3.63) is 11.5 Å². The van der Waals surface area contributed by atoms with Crippen LogP contribution in [0.25, 0.3) is 0 Å². The normalized spacial score (nSPS) is 19.2. The number of unbranched alkanes of at least 4 members (excludes halogenated alkanes) is 4. The Labute approximate surface area is 111 Å². The fraction of sp³-hybridized carbons (Fsp3) is 0.800. The number of aliphatic hydroxyl groups is 1. The van der Waals surface area contributed by atoms with E-state index in [9.17, 15) is 9.90 Å². The molecule has 0 aromatic heterocycles. The summed E-state index contributed by atoms with van der Waals surface area (Å²) in [6.07, 6.45) is 7.34. The molecule has 3 heteroatoms. The number of carbonyl (C=O) groups excluding carboxylic acids is 1. The van der Waals surface area contributed by atoms with E-state index in [2.05, 4.69) is 26.1 Å². The molecule has 0 aromatic carbocycles. The molecule has 2 N–H and O–H groups in total. The van der Waals surface area contributed by atoms with Gasteiger partial charge in [0.25, 0.3) is 0 Å². The van der Waals surface area contributed by atoms with Gasteiger partial charge in [-0.15, -0.1) is 0 Å². The SMILES string of the molecule is CCCCCCCNC1=C(O)C(=O)CC(C)(C)C1. The van der Waals surface area contributed by atoms with E-state index < -0.39 is 0 Å². The van der Waals surface area contributed by atoms with Gasteiger partial charge in [-0.1, -0.05) is 46.5 Å². The Hall–Kier alpha value is -0.990. The molecule has 0 spiro atoms. The van der Waals surface area contributed by atoms with Gasteiger partial charge in [-0.05, 0) is 18.3 Å². The molecule has 0 fully saturated rings. The summed E-state index contributed by atoms with van der Waals surface area (Å²) in [6.45, 7) is 7.20. The minimum absolute atomic E-state index is 0.0339. The van der Waals surface area contributed by atoms with E-state index in [1.165, 1.54) is 25.7 Å². The van der Waals surface area contributed by atoms with Crippen LogP contribution in [0.4, 0.5) is 0 Å². The molecule has 3 nitrogen and oxygen atoms in total. The van der Waals surface area contributed by atoms with Crippen LogP contribution in [0.1, 0.15) is 65.7 Å². The standard InChI is InChI=1S/C15H27NO2/c1-4-5-6-7-8-9-16-12-10-15(2,3)11-13(17)14(12)18/h16,18H,4-11H2,1-3H3. The molecule has 0 unspecified atom stereocenters. The topological polar surface area (TPSA) is 49.3 Å². The molecule has 0 saturated carbocycles. The maximum Gasteiger partial charge on any atom is 0.199 e. The Balaban J connectivity index is 2.36. The number of hydrogen-bond acceptors (Lipinski definition) is 3. The Morgan fingerprint density at radius 2 is 1.83 bits per heavy atom. The maximum atomic E-state index is 11.6. The zero-order valence-corrected chi connectivity index (χ0v) is 12.0. The van der Waals surface area contributed by atoms with Gasteiger partial charge >= 0.3 is 0 Å². The lowest BCUT2D eigenvalue weighted by molar-refractivity contribution is -0.120. The van der Waals surface area contributed by atoms with Crippen LogP contribution in [-0.2, 0) is 4.79 Å². The molecule has 0 aliphatic heterocycles. The van der Waals surface area contributed by atoms with Gasteiger partial charge in [0.1, 0.15) is 0 Å². The molecular formula is C15H27NO2. The van der Waals surface area contributed by atoms with Crippen molar-refractivity contribution in [3.8, 4) is 0 Å². The highest BCUT2D eigenvalue weighted by Gasteiger charge is 2.32. The first-order chi connectivity index (χ1) is 8.46. The number of ketones is 1. The van der Waals surface area contributed by atoms with Gasteiger partial charge in [-0.3, -0.25) is 4.79 Å². The van der Waals surface area contributed by atoms with E-state index in [1.54, 1.807) is 0 Å². The number of carbonyl (C=O) groups is 1. The number of nitrogens with one attached hydrogen (secondary N) is 1. The summed E-state index contributed by atoms with van der Waals surface area (Å²) in [5.41, 5.74) is 0.708. The monoisotopic (exact) mass is 253 g/mol. The van der Waals surface area contributed by atoms with Gasteiger partial charge in [0.15, 0.2) is 11.5 Å². The predicted octanol–water partition coefficient (Wildman–Crippen LogP) is 3.71. The predicted molar refractivity (Wildman–Crippen MR) is 74.4 cm³/mol. The third-order valence-electron chi connectivity index (χ3n) is 3.46. The average molecular weight is 253 g/mol. The van der Waals surface area contributed by atoms with Crippen LogP contribution < -0.4 is 5.32 Å². The Bertz CT molecular complexity index is 318. The number of rotatable bonds is 7. The summed E-state index contributed by atoms with van der Waals surface area (Å²) in [5.74, 6) is -0.164. The van der Waals surface area contributed by atoms with Crippen molar-refractivity contribution in [2.24, 2.45) is 5.41 Å². The highest BCUT2D eigenvalue weighted by Crippen LogP contribution is 2.34. The lowest BCUT2D eigenvalue weighted by atomic mass is 9.78. The smallest absolute Gasteiger partial charge is 0.199 e. The number of Topliss-reactive ketones (excluding diaryl/α,β-unsaturated/α-hetero) is 1. The number of allylic oxidation sites excluding steroid dienone is 2. The molecule has 18 heavy (non-hydrogen) atoms. The minimum atomic E-state index is -0.125. The van der Waals surface area contributed by atoms with Crippen molar-refractivity contribution in [3.63, 3.8) is 0 Å². The van der Waals surface area contributed by atoms with Gasteiger partial charge in [0.2, 0.25) is 0 Å². The molecule has 0 amide bonds. The second-order valence-corrected chi connectivity index (χ2v) is 6.11. The first kappa shape index (κ1) is 15.1. The minimum Gasteiger partial charge on any atom is -0.503 e. The summed E-state index contributed by atoms with van der Waals surface area (Å²) in [7, 11) is 0. The van der Waals surface area contributed by atoms with Gasteiger partial charge in [-0.2, -0.15) is 0 Å². The summed E-state index contributed by atoms with van der Waals surface area (Å²) in [5, 5.41) is 13.0. The summed E-state index contributed by atoms with van der Waals surface area (Å²) in [4.78, 5) is 11.6. The Kier molecular flexibility index (Phi) is 5.70. The van der Waals surface area contributed by atoms with Crippen molar-refractivity contribution < 1.29 is 9.90 Å². The van der Waals surface area contributed by atoms with E-state index in [0.717, 1.165) is 25.1 Å². The van der Waals surface area contributed by atoms with E-state index >= 15 is 0 Å².